The van der Waals surface area contributed by atoms with Crippen LogP contribution < -0.4 is 9.47 Å². The molecule has 176 valence electrons. The Morgan fingerprint density at radius 1 is 0.722 bits per heavy atom. The van der Waals surface area contributed by atoms with Gasteiger partial charge in [0.15, 0.2) is 0 Å². The Morgan fingerprint density at radius 2 is 1.58 bits per heavy atom. The molecule has 6 nitrogen and oxygen atoms in total. The van der Waals surface area contributed by atoms with Crippen molar-refractivity contribution in [3.05, 3.63) is 120 Å². The average molecular weight is 473 g/mol. The Bertz CT molecular complexity index is 1660. The lowest BCUT2D eigenvalue weighted by Crippen LogP contribution is -2.00. The van der Waals surface area contributed by atoms with Crippen LogP contribution in [0.3, 0.4) is 0 Å². The van der Waals surface area contributed by atoms with Gasteiger partial charge in [0.2, 0.25) is 0 Å². The molecular weight excluding hydrogens is 448 g/mol. The molecule has 0 unspecified atom stereocenters. The summed E-state index contributed by atoms with van der Waals surface area (Å²) in [5, 5.41) is 1.12. The number of aryl methyl sites for hydroxylation is 1. The highest BCUT2D eigenvalue weighted by molar-refractivity contribution is 5.78. The molecule has 0 bridgehead atoms. The number of para-hydroxylation sites is 1. The molecule has 0 aliphatic heterocycles. The number of rotatable bonds is 7. The van der Waals surface area contributed by atoms with Crippen LogP contribution in [-0.2, 0) is 13.2 Å². The van der Waals surface area contributed by atoms with Crippen molar-refractivity contribution < 1.29 is 9.47 Å². The number of ether oxygens (including phenoxy) is 2. The van der Waals surface area contributed by atoms with Crippen LogP contribution in [0.25, 0.3) is 27.6 Å². The Morgan fingerprint density at radius 3 is 2.50 bits per heavy atom. The lowest BCUT2D eigenvalue weighted by Gasteiger charge is -2.11. The molecule has 0 saturated carbocycles. The summed E-state index contributed by atoms with van der Waals surface area (Å²) < 4.78 is 14.2. The zero-order valence-corrected chi connectivity index (χ0v) is 19.8. The van der Waals surface area contributed by atoms with Crippen LogP contribution in [0.15, 0.2) is 103 Å². The quantitative estimate of drug-likeness (QED) is 0.268. The smallest absolute Gasteiger partial charge is 0.130 e. The van der Waals surface area contributed by atoms with Crippen LogP contribution in [0.1, 0.15) is 17.1 Å². The zero-order valence-electron chi connectivity index (χ0n) is 19.8. The third-order valence-corrected chi connectivity index (χ3v) is 6.07. The fraction of sp³-hybridized carbons (Fsp3) is 0.100. The van der Waals surface area contributed by atoms with Gasteiger partial charge in [0.1, 0.15) is 36.1 Å². The molecule has 6 rings (SSSR count). The Balaban J connectivity index is 1.10. The van der Waals surface area contributed by atoms with E-state index in [1.165, 1.54) is 0 Å². The van der Waals surface area contributed by atoms with Gasteiger partial charge in [-0.25, -0.2) is 9.97 Å². The highest BCUT2D eigenvalue weighted by Crippen LogP contribution is 2.23. The Hall–Kier alpha value is -4.71. The zero-order chi connectivity index (χ0) is 24.3. The van der Waals surface area contributed by atoms with Gasteiger partial charge in [0, 0.05) is 17.3 Å². The van der Waals surface area contributed by atoms with Crippen molar-refractivity contribution in [1.82, 2.24) is 19.5 Å². The molecule has 3 aromatic carbocycles. The first-order valence-electron chi connectivity index (χ1n) is 11.8. The van der Waals surface area contributed by atoms with E-state index in [2.05, 4.69) is 31.7 Å². The fourth-order valence-corrected chi connectivity index (χ4v) is 4.31. The van der Waals surface area contributed by atoms with Gasteiger partial charge in [-0.15, -0.1) is 0 Å². The largest absolute Gasteiger partial charge is 0.489 e. The molecular formula is C30H24N4O2. The number of nitrogens with zero attached hydrogens (tertiary/aromatic N) is 4. The monoisotopic (exact) mass is 472 g/mol. The lowest BCUT2D eigenvalue weighted by atomic mass is 10.2. The van der Waals surface area contributed by atoms with Gasteiger partial charge < -0.3 is 9.47 Å². The third kappa shape index (κ3) is 4.49. The number of imidazole rings is 1. The second-order valence-electron chi connectivity index (χ2n) is 8.57. The molecule has 0 fully saturated rings. The van der Waals surface area contributed by atoms with Crippen LogP contribution in [0.5, 0.6) is 11.5 Å². The van der Waals surface area contributed by atoms with E-state index >= 15 is 0 Å². The van der Waals surface area contributed by atoms with E-state index in [4.69, 9.17) is 9.47 Å². The summed E-state index contributed by atoms with van der Waals surface area (Å²) in [5.74, 6) is 2.51. The highest BCUT2D eigenvalue weighted by atomic mass is 16.5. The molecule has 0 aliphatic rings. The first kappa shape index (κ1) is 21.8. The molecule has 0 radical (unpaired) electrons. The maximum atomic E-state index is 6.05. The number of hydrogen-bond donors (Lipinski definition) is 0. The molecule has 6 heteroatoms. The van der Waals surface area contributed by atoms with E-state index < -0.39 is 0 Å². The van der Waals surface area contributed by atoms with Gasteiger partial charge in [-0.05, 0) is 67.1 Å². The lowest BCUT2D eigenvalue weighted by molar-refractivity contribution is 0.293. The second kappa shape index (κ2) is 9.50. The van der Waals surface area contributed by atoms with Crippen LogP contribution in [0.4, 0.5) is 0 Å². The van der Waals surface area contributed by atoms with Crippen LogP contribution in [-0.4, -0.2) is 19.5 Å². The van der Waals surface area contributed by atoms with Gasteiger partial charge in [-0.1, -0.05) is 36.4 Å². The molecule has 3 aromatic heterocycles. The number of pyridine rings is 2. The van der Waals surface area contributed by atoms with Crippen molar-refractivity contribution in [2.75, 3.05) is 0 Å². The van der Waals surface area contributed by atoms with Crippen molar-refractivity contribution in [3.8, 4) is 17.2 Å². The summed E-state index contributed by atoms with van der Waals surface area (Å²) in [5.41, 5.74) is 5.85. The molecule has 0 saturated heterocycles. The number of aromatic nitrogens is 4. The third-order valence-electron chi connectivity index (χ3n) is 6.07. The summed E-state index contributed by atoms with van der Waals surface area (Å²) in [6, 6.07) is 30.1. The standard InChI is InChI=1S/C30H24N4O2/c1-21-32-29-18-31-16-15-30(29)34(21)25-11-13-26(14-12-25)35-19-22-5-4-7-27(17-22)36-20-24-10-9-23-6-2-3-8-28(23)33-24/h2-18H,19-20H2,1H3. The molecule has 36 heavy (non-hydrogen) atoms. The number of fused-ring (bicyclic) bond motifs is 2. The van der Waals surface area contributed by atoms with Gasteiger partial charge in [0.25, 0.3) is 0 Å². The molecule has 0 atom stereocenters. The molecule has 3 heterocycles. The normalized spacial score (nSPS) is 11.1. The molecule has 0 N–H and O–H groups in total. The maximum Gasteiger partial charge on any atom is 0.130 e. The maximum absolute atomic E-state index is 6.05. The first-order valence-corrected chi connectivity index (χ1v) is 11.8. The summed E-state index contributed by atoms with van der Waals surface area (Å²) in [6.45, 7) is 2.86. The SMILES string of the molecule is Cc1nc2cnccc2n1-c1ccc(OCc2cccc(OCc3ccc4ccccc4n3)c2)cc1. The topological polar surface area (TPSA) is 62.1 Å². The number of hydrogen-bond acceptors (Lipinski definition) is 5. The van der Waals surface area contributed by atoms with Crippen molar-refractivity contribution >= 4 is 21.9 Å². The van der Waals surface area contributed by atoms with Crippen molar-refractivity contribution in [2.45, 2.75) is 20.1 Å². The Labute approximate surface area is 208 Å². The molecule has 0 spiro atoms. The fourth-order valence-electron chi connectivity index (χ4n) is 4.31. The van der Waals surface area contributed by atoms with Crippen LogP contribution in [0.2, 0.25) is 0 Å². The van der Waals surface area contributed by atoms with Gasteiger partial charge >= 0.3 is 0 Å². The van der Waals surface area contributed by atoms with Gasteiger partial charge in [0.05, 0.1) is 22.9 Å². The van der Waals surface area contributed by atoms with E-state index in [1.807, 2.05) is 85.8 Å². The molecule has 0 amide bonds. The first-order chi connectivity index (χ1) is 17.7. The minimum Gasteiger partial charge on any atom is -0.489 e. The van der Waals surface area contributed by atoms with Crippen molar-refractivity contribution in [3.63, 3.8) is 0 Å². The van der Waals surface area contributed by atoms with Crippen LogP contribution in [0, 0.1) is 6.92 Å². The van der Waals surface area contributed by atoms with E-state index in [0.29, 0.717) is 13.2 Å². The predicted octanol–water partition coefficient (Wildman–Crippen LogP) is 6.44. The number of benzene rings is 3. The van der Waals surface area contributed by atoms with E-state index in [-0.39, 0.29) is 0 Å². The average Bonchev–Trinajstić information content (AvgIpc) is 3.27. The predicted molar refractivity (Wildman–Crippen MR) is 140 cm³/mol. The van der Waals surface area contributed by atoms with Crippen molar-refractivity contribution in [2.24, 2.45) is 0 Å². The minimum atomic E-state index is 0.412. The minimum absolute atomic E-state index is 0.412. The summed E-state index contributed by atoms with van der Waals surface area (Å²) in [6.07, 6.45) is 3.57. The molecule has 0 aliphatic carbocycles. The van der Waals surface area contributed by atoms with Gasteiger partial charge in [-0.2, -0.15) is 0 Å². The highest BCUT2D eigenvalue weighted by Gasteiger charge is 2.09. The molecule has 6 aromatic rings. The Kier molecular flexibility index (Phi) is 5.75. The summed E-state index contributed by atoms with van der Waals surface area (Å²) >= 11 is 0. The van der Waals surface area contributed by atoms with E-state index in [1.54, 1.807) is 12.4 Å². The van der Waals surface area contributed by atoms with Gasteiger partial charge in [-0.3, -0.25) is 9.55 Å². The van der Waals surface area contributed by atoms with Crippen LogP contribution >= 0.6 is 0 Å². The van der Waals surface area contributed by atoms with E-state index in [9.17, 15) is 0 Å². The van der Waals surface area contributed by atoms with Crippen molar-refractivity contribution in [1.29, 1.82) is 0 Å². The second-order valence-corrected chi connectivity index (χ2v) is 8.57. The van der Waals surface area contributed by atoms with E-state index in [0.717, 1.165) is 56.2 Å². The summed E-state index contributed by atoms with van der Waals surface area (Å²) in [7, 11) is 0. The summed E-state index contributed by atoms with van der Waals surface area (Å²) in [4.78, 5) is 13.4.